The van der Waals surface area contributed by atoms with Crippen molar-refractivity contribution < 1.29 is 4.42 Å². The Bertz CT molecular complexity index is 2810. The van der Waals surface area contributed by atoms with Gasteiger partial charge in [0.15, 0.2) is 6.17 Å². The highest BCUT2D eigenvalue weighted by molar-refractivity contribution is 6.19. The number of amidine groups is 2. The Balaban J connectivity index is 1.16. The van der Waals surface area contributed by atoms with E-state index in [-0.39, 0.29) is 0 Å². The Morgan fingerprint density at radius 2 is 1.06 bits per heavy atom. The van der Waals surface area contributed by atoms with Gasteiger partial charge in [-0.25, -0.2) is 9.98 Å². The Kier molecular flexibility index (Phi) is 6.21. The molecule has 4 nitrogen and oxygen atoms in total. The van der Waals surface area contributed by atoms with E-state index in [4.69, 9.17) is 14.4 Å². The number of hydrogen-bond donors (Lipinski definition) is 1. The van der Waals surface area contributed by atoms with Gasteiger partial charge in [0.2, 0.25) is 0 Å². The average molecular weight is 628 g/mol. The van der Waals surface area contributed by atoms with E-state index in [0.29, 0.717) is 0 Å². The van der Waals surface area contributed by atoms with Crippen LogP contribution in [-0.2, 0) is 0 Å². The molecule has 10 rings (SSSR count). The molecule has 0 spiro atoms. The normalized spacial score (nSPS) is 14.7. The van der Waals surface area contributed by atoms with Crippen LogP contribution in [0.3, 0.4) is 0 Å². The highest BCUT2D eigenvalue weighted by atomic mass is 16.3. The Morgan fingerprint density at radius 3 is 1.96 bits per heavy atom. The van der Waals surface area contributed by atoms with E-state index in [9.17, 15) is 0 Å². The van der Waals surface area contributed by atoms with E-state index in [1.807, 2.05) is 30.3 Å². The molecule has 1 aliphatic heterocycles. The molecule has 0 saturated carbocycles. The monoisotopic (exact) mass is 627 g/mol. The van der Waals surface area contributed by atoms with Crippen LogP contribution in [0, 0.1) is 0 Å². The molecule has 1 atom stereocenters. The van der Waals surface area contributed by atoms with Gasteiger partial charge < -0.3 is 9.73 Å². The summed E-state index contributed by atoms with van der Waals surface area (Å²) in [5.74, 6) is 1.60. The molecule has 230 valence electrons. The lowest BCUT2D eigenvalue weighted by Gasteiger charge is -2.23. The fourth-order valence-electron chi connectivity index (χ4n) is 7.42. The van der Waals surface area contributed by atoms with Gasteiger partial charge in [-0.3, -0.25) is 0 Å². The quantitative estimate of drug-likeness (QED) is 0.197. The van der Waals surface area contributed by atoms with Gasteiger partial charge in [-0.2, -0.15) is 0 Å². The Labute approximate surface area is 282 Å². The lowest BCUT2D eigenvalue weighted by molar-refractivity contribution is 0.669. The minimum atomic E-state index is -0.445. The predicted molar refractivity (Wildman–Crippen MR) is 204 cm³/mol. The fraction of sp³-hybridized carbons (Fsp3) is 0.0222. The van der Waals surface area contributed by atoms with Crippen molar-refractivity contribution in [2.45, 2.75) is 6.17 Å². The van der Waals surface area contributed by atoms with Crippen molar-refractivity contribution in [1.29, 1.82) is 0 Å². The zero-order valence-corrected chi connectivity index (χ0v) is 26.5. The van der Waals surface area contributed by atoms with Crippen LogP contribution in [0.15, 0.2) is 178 Å². The zero-order chi connectivity index (χ0) is 32.3. The van der Waals surface area contributed by atoms with Gasteiger partial charge in [-0.05, 0) is 61.6 Å². The van der Waals surface area contributed by atoms with E-state index in [1.54, 1.807) is 0 Å². The van der Waals surface area contributed by atoms with Gasteiger partial charge in [0, 0.05) is 27.5 Å². The number of hydrogen-bond acceptors (Lipinski definition) is 4. The lowest BCUT2D eigenvalue weighted by atomic mass is 9.92. The van der Waals surface area contributed by atoms with Crippen LogP contribution in [0.25, 0.3) is 65.4 Å². The third-order valence-corrected chi connectivity index (χ3v) is 9.73. The molecular weight excluding hydrogens is 599 g/mol. The van der Waals surface area contributed by atoms with Crippen molar-refractivity contribution in [3.63, 3.8) is 0 Å². The highest BCUT2D eigenvalue weighted by Crippen LogP contribution is 2.41. The predicted octanol–water partition coefficient (Wildman–Crippen LogP) is 11.2. The second-order valence-electron chi connectivity index (χ2n) is 12.6. The molecule has 0 fully saturated rings. The van der Waals surface area contributed by atoms with Crippen LogP contribution >= 0.6 is 0 Å². The maximum atomic E-state index is 6.26. The summed E-state index contributed by atoms with van der Waals surface area (Å²) >= 11 is 0. The first-order chi connectivity index (χ1) is 24.3. The fourth-order valence-corrected chi connectivity index (χ4v) is 7.42. The van der Waals surface area contributed by atoms with Gasteiger partial charge >= 0.3 is 0 Å². The van der Waals surface area contributed by atoms with Gasteiger partial charge in [-0.1, -0.05) is 146 Å². The summed E-state index contributed by atoms with van der Waals surface area (Å²) in [7, 11) is 0. The number of para-hydroxylation sites is 1. The largest absolute Gasteiger partial charge is 0.456 e. The van der Waals surface area contributed by atoms with Crippen LogP contribution in [-0.4, -0.2) is 11.7 Å². The smallest absolute Gasteiger partial charge is 0.170 e. The van der Waals surface area contributed by atoms with E-state index < -0.39 is 6.17 Å². The van der Waals surface area contributed by atoms with Crippen LogP contribution in [0.5, 0.6) is 0 Å². The van der Waals surface area contributed by atoms with Crippen LogP contribution < -0.4 is 5.32 Å². The van der Waals surface area contributed by atoms with Crippen molar-refractivity contribution in [2.75, 3.05) is 0 Å². The molecule has 0 bridgehead atoms. The number of fused-ring (bicyclic) bond motifs is 7. The summed E-state index contributed by atoms with van der Waals surface area (Å²) in [5.41, 5.74) is 7.19. The maximum Gasteiger partial charge on any atom is 0.170 e. The first-order valence-corrected chi connectivity index (χ1v) is 16.6. The number of nitrogens with zero attached hydrogens (tertiary/aromatic N) is 2. The minimum Gasteiger partial charge on any atom is -0.456 e. The second kappa shape index (κ2) is 11.0. The van der Waals surface area contributed by atoms with Gasteiger partial charge in [0.05, 0.1) is 0 Å². The molecule has 8 aromatic carbocycles. The molecular formula is C45H29N3O. The number of benzene rings is 8. The molecule has 0 radical (unpaired) electrons. The molecule has 1 aromatic heterocycles. The summed E-state index contributed by atoms with van der Waals surface area (Å²) in [5, 5.41) is 13.0. The van der Waals surface area contributed by atoms with Crippen molar-refractivity contribution in [2.24, 2.45) is 9.98 Å². The maximum absolute atomic E-state index is 6.26. The van der Waals surface area contributed by atoms with E-state index >= 15 is 0 Å². The highest BCUT2D eigenvalue weighted by Gasteiger charge is 2.23. The van der Waals surface area contributed by atoms with Gasteiger partial charge in [0.1, 0.15) is 22.8 Å². The molecule has 0 aliphatic carbocycles. The van der Waals surface area contributed by atoms with Crippen LogP contribution in [0.4, 0.5) is 0 Å². The topological polar surface area (TPSA) is 49.9 Å². The van der Waals surface area contributed by atoms with Gasteiger partial charge in [-0.15, -0.1) is 0 Å². The summed E-state index contributed by atoms with van der Waals surface area (Å²) in [6.07, 6.45) is -0.445. The molecule has 4 heteroatoms. The first-order valence-electron chi connectivity index (χ1n) is 16.6. The van der Waals surface area contributed by atoms with Crippen molar-refractivity contribution >= 4 is 65.9 Å². The Morgan fingerprint density at radius 1 is 0.429 bits per heavy atom. The summed E-state index contributed by atoms with van der Waals surface area (Å²) < 4.78 is 6.26. The van der Waals surface area contributed by atoms with Crippen molar-refractivity contribution in [1.82, 2.24) is 5.32 Å². The third kappa shape index (κ3) is 4.53. The van der Waals surface area contributed by atoms with Crippen LogP contribution in [0.1, 0.15) is 22.9 Å². The van der Waals surface area contributed by atoms with Crippen molar-refractivity contribution in [3.8, 4) is 11.1 Å². The molecule has 2 heterocycles. The molecule has 0 amide bonds. The van der Waals surface area contributed by atoms with Gasteiger partial charge in [0.25, 0.3) is 0 Å². The Hall–Kier alpha value is -6.52. The third-order valence-electron chi connectivity index (χ3n) is 9.73. The number of nitrogens with one attached hydrogen (secondary N) is 1. The first kappa shape index (κ1) is 27.6. The lowest BCUT2D eigenvalue weighted by Crippen LogP contribution is -2.36. The molecule has 9 aromatic rings. The summed E-state index contributed by atoms with van der Waals surface area (Å²) in [6, 6.07) is 57.5. The second-order valence-corrected chi connectivity index (χ2v) is 12.6. The zero-order valence-electron chi connectivity index (χ0n) is 26.5. The standard InChI is InChI=1S/C45H29N3O/c1-2-12-30(13-3-1)43-46-44(31-26-25-29-24-23-28-11-4-5-14-32(28)39(29)27-31)48-45(47-43)37-20-9-16-33-34(17-8-18-35(33)37)36-19-10-22-41-42(36)38-15-6-7-21-40(38)49-41/h1-27,45H,(H,46,47,48). The molecule has 1 unspecified atom stereocenters. The minimum absolute atomic E-state index is 0.445. The van der Waals surface area contributed by atoms with Crippen LogP contribution in [0.2, 0.25) is 0 Å². The van der Waals surface area contributed by atoms with Crippen molar-refractivity contribution in [3.05, 3.63) is 180 Å². The number of furan rings is 1. The molecule has 1 aliphatic rings. The summed E-state index contributed by atoms with van der Waals surface area (Å²) in [4.78, 5) is 10.6. The SMILES string of the molecule is c1ccc(C2=NC(c3cccc4c(-c5cccc6oc7ccccc7c56)cccc34)N=C(c3ccc4ccc5ccccc5c4c3)N2)cc1. The number of rotatable bonds is 4. The summed E-state index contributed by atoms with van der Waals surface area (Å²) in [6.45, 7) is 0. The molecule has 49 heavy (non-hydrogen) atoms. The van der Waals surface area contributed by atoms with E-state index in [0.717, 1.165) is 72.2 Å². The average Bonchev–Trinajstić information content (AvgIpc) is 3.56. The van der Waals surface area contributed by atoms with E-state index in [1.165, 1.54) is 21.5 Å². The molecule has 1 N–H and O–H groups in total. The molecule has 0 saturated heterocycles. The van der Waals surface area contributed by atoms with E-state index in [2.05, 4.69) is 139 Å². The number of aliphatic imine (C=N–C) groups is 2.